The summed E-state index contributed by atoms with van der Waals surface area (Å²) in [4.78, 5) is 25.0. The van der Waals surface area contributed by atoms with Crippen LogP contribution in [0.15, 0.2) is 0 Å². The molecule has 3 aliphatic rings. The Labute approximate surface area is 139 Å². The average Bonchev–Trinajstić information content (AvgIpc) is 3.24. The number of hydrogen-bond donors (Lipinski definition) is 0. The number of esters is 2. The lowest BCUT2D eigenvalue weighted by Gasteiger charge is -2.43. The van der Waals surface area contributed by atoms with Crippen molar-refractivity contribution >= 4 is 11.9 Å². The van der Waals surface area contributed by atoms with Gasteiger partial charge in [-0.1, -0.05) is 20.3 Å². The Balaban J connectivity index is 1.80. The molecule has 0 spiro atoms. The number of fused-ring (bicyclic) bond motifs is 5. The Kier molecular flexibility index (Phi) is 4.22. The Morgan fingerprint density at radius 3 is 2.48 bits per heavy atom. The van der Waals surface area contributed by atoms with Crippen LogP contribution in [0.4, 0.5) is 0 Å². The fourth-order valence-electron chi connectivity index (χ4n) is 5.70. The molecule has 0 radical (unpaired) electrons. The van der Waals surface area contributed by atoms with E-state index in [9.17, 15) is 9.59 Å². The fraction of sp³-hybridized carbons (Fsp3) is 0.895. The van der Waals surface area contributed by atoms with Crippen molar-refractivity contribution in [2.45, 2.75) is 71.3 Å². The SMILES string of the molecule is CCC(C)(C(=O)OC)C(=O)OC1(CC)CC2CC1C1CCCC21. The number of hydrogen-bond acceptors (Lipinski definition) is 4. The van der Waals surface area contributed by atoms with Crippen molar-refractivity contribution < 1.29 is 19.1 Å². The van der Waals surface area contributed by atoms with Gasteiger partial charge in [0.25, 0.3) is 0 Å². The summed E-state index contributed by atoms with van der Waals surface area (Å²) in [5.74, 6) is 1.91. The summed E-state index contributed by atoms with van der Waals surface area (Å²) in [5.41, 5.74) is -1.54. The zero-order valence-corrected chi connectivity index (χ0v) is 14.9. The third-order valence-electron chi connectivity index (χ3n) is 7.28. The number of methoxy groups -OCH3 is 1. The molecular weight excluding hydrogens is 292 g/mol. The van der Waals surface area contributed by atoms with Crippen LogP contribution < -0.4 is 0 Å². The summed E-state index contributed by atoms with van der Waals surface area (Å²) >= 11 is 0. The molecule has 0 saturated heterocycles. The Bertz CT molecular complexity index is 502. The zero-order chi connectivity index (χ0) is 16.8. The molecule has 3 aliphatic carbocycles. The average molecular weight is 322 g/mol. The van der Waals surface area contributed by atoms with Crippen LogP contribution in [0.2, 0.25) is 0 Å². The minimum atomic E-state index is -1.19. The predicted octanol–water partition coefficient (Wildman–Crippen LogP) is 3.72. The van der Waals surface area contributed by atoms with E-state index < -0.39 is 17.4 Å². The number of rotatable bonds is 5. The second kappa shape index (κ2) is 5.78. The van der Waals surface area contributed by atoms with E-state index in [1.807, 2.05) is 6.92 Å². The highest BCUT2D eigenvalue weighted by molar-refractivity contribution is 5.99. The first kappa shape index (κ1) is 16.8. The van der Waals surface area contributed by atoms with Crippen molar-refractivity contribution in [1.29, 1.82) is 0 Å². The molecule has 4 heteroatoms. The van der Waals surface area contributed by atoms with Crippen LogP contribution in [-0.4, -0.2) is 24.6 Å². The van der Waals surface area contributed by atoms with Crippen molar-refractivity contribution in [3.05, 3.63) is 0 Å². The fourth-order valence-corrected chi connectivity index (χ4v) is 5.70. The molecule has 0 N–H and O–H groups in total. The molecule has 6 unspecified atom stereocenters. The van der Waals surface area contributed by atoms with E-state index in [-0.39, 0.29) is 5.60 Å². The molecule has 2 bridgehead atoms. The largest absolute Gasteiger partial charge is 0.468 e. The molecular formula is C19H30O4. The van der Waals surface area contributed by atoms with E-state index in [0.29, 0.717) is 18.3 Å². The monoisotopic (exact) mass is 322 g/mol. The molecule has 6 atom stereocenters. The first-order chi connectivity index (χ1) is 10.9. The van der Waals surface area contributed by atoms with Crippen LogP contribution in [0.3, 0.4) is 0 Å². The van der Waals surface area contributed by atoms with Crippen LogP contribution in [0.1, 0.15) is 65.7 Å². The molecule has 3 rings (SSSR count). The maximum absolute atomic E-state index is 12.9. The third kappa shape index (κ3) is 2.32. The molecule has 0 amide bonds. The summed E-state index contributed by atoms with van der Waals surface area (Å²) < 4.78 is 11.0. The van der Waals surface area contributed by atoms with Gasteiger partial charge in [0.15, 0.2) is 5.41 Å². The second-order valence-corrected chi connectivity index (χ2v) is 8.05. The summed E-state index contributed by atoms with van der Waals surface area (Å²) in [6.07, 6.45) is 7.41. The van der Waals surface area contributed by atoms with Gasteiger partial charge in [-0.3, -0.25) is 9.59 Å². The zero-order valence-electron chi connectivity index (χ0n) is 14.9. The number of carbonyl (C=O) groups excluding carboxylic acids is 2. The third-order valence-corrected chi connectivity index (χ3v) is 7.28. The van der Waals surface area contributed by atoms with Gasteiger partial charge in [0.1, 0.15) is 5.60 Å². The minimum absolute atomic E-state index is 0.349. The van der Waals surface area contributed by atoms with Gasteiger partial charge in [0, 0.05) is 5.92 Å². The highest BCUT2D eigenvalue weighted by Gasteiger charge is 2.62. The Morgan fingerprint density at radius 1 is 1.17 bits per heavy atom. The van der Waals surface area contributed by atoms with E-state index >= 15 is 0 Å². The molecule has 0 aromatic rings. The smallest absolute Gasteiger partial charge is 0.323 e. The van der Waals surface area contributed by atoms with Crippen molar-refractivity contribution in [3.63, 3.8) is 0 Å². The van der Waals surface area contributed by atoms with E-state index in [2.05, 4.69) is 6.92 Å². The first-order valence-corrected chi connectivity index (χ1v) is 9.23. The van der Waals surface area contributed by atoms with Crippen LogP contribution >= 0.6 is 0 Å². The standard InChI is InChI=1S/C19H30O4/c1-5-18(3,16(20)22-4)17(21)23-19(6-2)11-12-10-15(19)14-9-7-8-13(12)14/h12-15H,5-11H2,1-4H3. The van der Waals surface area contributed by atoms with E-state index in [1.165, 1.54) is 32.8 Å². The maximum Gasteiger partial charge on any atom is 0.323 e. The highest BCUT2D eigenvalue weighted by Crippen LogP contribution is 2.64. The van der Waals surface area contributed by atoms with E-state index in [0.717, 1.165) is 24.7 Å². The second-order valence-electron chi connectivity index (χ2n) is 8.05. The van der Waals surface area contributed by atoms with Crippen molar-refractivity contribution in [3.8, 4) is 0 Å². The molecule has 3 saturated carbocycles. The predicted molar refractivity (Wildman–Crippen MR) is 86.6 cm³/mol. The molecule has 23 heavy (non-hydrogen) atoms. The summed E-state index contributed by atoms with van der Waals surface area (Å²) in [6.45, 7) is 5.61. The maximum atomic E-state index is 12.9. The number of ether oxygens (including phenoxy) is 2. The van der Waals surface area contributed by atoms with Crippen LogP contribution in [-0.2, 0) is 19.1 Å². The molecule has 4 nitrogen and oxygen atoms in total. The summed E-state index contributed by atoms with van der Waals surface area (Å²) in [5, 5.41) is 0. The topological polar surface area (TPSA) is 52.6 Å². The van der Waals surface area contributed by atoms with Gasteiger partial charge >= 0.3 is 11.9 Å². The normalized spacial score (nSPS) is 40.5. The lowest BCUT2D eigenvalue weighted by Crippen LogP contribution is -2.49. The first-order valence-electron chi connectivity index (χ1n) is 9.23. The van der Waals surface area contributed by atoms with Crippen molar-refractivity contribution in [2.24, 2.45) is 29.1 Å². The molecule has 130 valence electrons. The molecule has 3 fully saturated rings. The van der Waals surface area contributed by atoms with Crippen LogP contribution in [0.25, 0.3) is 0 Å². The lowest BCUT2D eigenvalue weighted by atomic mass is 9.71. The Hall–Kier alpha value is -1.06. The van der Waals surface area contributed by atoms with Crippen molar-refractivity contribution in [1.82, 2.24) is 0 Å². The van der Waals surface area contributed by atoms with E-state index in [4.69, 9.17) is 9.47 Å². The quantitative estimate of drug-likeness (QED) is 0.572. The lowest BCUT2D eigenvalue weighted by molar-refractivity contribution is -0.188. The number of carbonyl (C=O) groups is 2. The van der Waals surface area contributed by atoms with Gasteiger partial charge in [-0.2, -0.15) is 0 Å². The molecule has 0 aliphatic heterocycles. The van der Waals surface area contributed by atoms with Gasteiger partial charge in [0.05, 0.1) is 7.11 Å². The van der Waals surface area contributed by atoms with Gasteiger partial charge in [0.2, 0.25) is 0 Å². The molecule has 0 aromatic heterocycles. The highest BCUT2D eigenvalue weighted by atomic mass is 16.6. The van der Waals surface area contributed by atoms with Gasteiger partial charge in [-0.05, 0) is 63.2 Å². The molecule has 0 aromatic carbocycles. The summed E-state index contributed by atoms with van der Waals surface area (Å²) in [6, 6.07) is 0. The minimum Gasteiger partial charge on any atom is -0.468 e. The van der Waals surface area contributed by atoms with Gasteiger partial charge in [-0.15, -0.1) is 0 Å². The summed E-state index contributed by atoms with van der Waals surface area (Å²) in [7, 11) is 1.33. The van der Waals surface area contributed by atoms with Gasteiger partial charge < -0.3 is 9.47 Å². The van der Waals surface area contributed by atoms with Gasteiger partial charge in [-0.25, -0.2) is 0 Å². The Morgan fingerprint density at radius 2 is 1.87 bits per heavy atom. The molecule has 0 heterocycles. The van der Waals surface area contributed by atoms with Crippen LogP contribution in [0, 0.1) is 29.1 Å². The van der Waals surface area contributed by atoms with Crippen molar-refractivity contribution in [2.75, 3.05) is 7.11 Å². The van der Waals surface area contributed by atoms with E-state index in [1.54, 1.807) is 6.92 Å². The van der Waals surface area contributed by atoms with Crippen LogP contribution in [0.5, 0.6) is 0 Å².